The van der Waals surface area contributed by atoms with Crippen LogP contribution >= 0.6 is 11.6 Å². The lowest BCUT2D eigenvalue weighted by molar-refractivity contribution is 0.0543. The first-order valence-corrected chi connectivity index (χ1v) is 7.15. The molecule has 1 fully saturated rings. The minimum atomic E-state index is 0.211. The molecule has 1 heterocycles. The summed E-state index contributed by atoms with van der Waals surface area (Å²) in [5.41, 5.74) is 1.09. The van der Waals surface area contributed by atoms with E-state index in [1.165, 1.54) is 12.8 Å². The third kappa shape index (κ3) is 5.35. The molecule has 0 amide bonds. The molecule has 0 aromatic carbocycles. The van der Waals surface area contributed by atoms with Crippen molar-refractivity contribution in [2.24, 2.45) is 0 Å². The number of aromatic nitrogens is 1. The maximum Gasteiger partial charge on any atom is 0.232 e. The molecule has 0 saturated heterocycles. The van der Waals surface area contributed by atoms with Crippen LogP contribution in [0.5, 0.6) is 5.88 Å². The van der Waals surface area contributed by atoms with Gasteiger partial charge in [0.15, 0.2) is 0 Å². The zero-order valence-electron chi connectivity index (χ0n) is 11.5. The van der Waals surface area contributed by atoms with Crippen LogP contribution in [0.1, 0.15) is 32.3 Å². The van der Waals surface area contributed by atoms with Crippen molar-refractivity contribution in [3.8, 4) is 5.88 Å². The Kier molecular flexibility index (Phi) is 5.43. The molecule has 1 aliphatic rings. The molecule has 0 atom stereocenters. The van der Waals surface area contributed by atoms with Gasteiger partial charge in [-0.25, -0.2) is 4.98 Å². The molecule has 4 nitrogen and oxygen atoms in total. The maximum absolute atomic E-state index is 6.15. The topological polar surface area (TPSA) is 43.4 Å². The van der Waals surface area contributed by atoms with Gasteiger partial charge in [-0.15, -0.1) is 0 Å². The van der Waals surface area contributed by atoms with Gasteiger partial charge in [0.1, 0.15) is 11.6 Å². The molecule has 0 spiro atoms. The molecule has 1 aliphatic carbocycles. The fourth-order valence-corrected chi connectivity index (χ4v) is 1.88. The van der Waals surface area contributed by atoms with Gasteiger partial charge in [0.25, 0.3) is 0 Å². The first-order chi connectivity index (χ1) is 9.15. The SMILES string of the molecule is CC(C)OCCOc1ncc(CNC2CC2)cc1Cl. The third-order valence-corrected chi connectivity index (χ3v) is 3.08. The standard InChI is InChI=1S/C14H21ClN2O2/c1-10(2)18-5-6-19-14-13(15)7-11(9-17-14)8-16-12-3-4-12/h7,9-10,12,16H,3-6,8H2,1-2H3. The van der Waals surface area contributed by atoms with Crippen LogP contribution in [-0.2, 0) is 11.3 Å². The average molecular weight is 285 g/mol. The summed E-state index contributed by atoms with van der Waals surface area (Å²) < 4.78 is 10.9. The summed E-state index contributed by atoms with van der Waals surface area (Å²) in [6.07, 6.45) is 4.57. The highest BCUT2D eigenvalue weighted by Gasteiger charge is 2.20. The van der Waals surface area contributed by atoms with Crippen molar-refractivity contribution in [2.45, 2.75) is 45.4 Å². The summed E-state index contributed by atoms with van der Waals surface area (Å²) in [5, 5.41) is 3.98. The van der Waals surface area contributed by atoms with Crippen LogP contribution in [0.15, 0.2) is 12.3 Å². The van der Waals surface area contributed by atoms with E-state index in [1.807, 2.05) is 19.9 Å². The van der Waals surface area contributed by atoms with Crippen molar-refractivity contribution in [1.29, 1.82) is 0 Å². The summed E-state index contributed by atoms with van der Waals surface area (Å²) >= 11 is 6.15. The van der Waals surface area contributed by atoms with Gasteiger partial charge in [0.2, 0.25) is 5.88 Å². The maximum atomic E-state index is 6.15. The van der Waals surface area contributed by atoms with E-state index < -0.39 is 0 Å². The van der Waals surface area contributed by atoms with Gasteiger partial charge >= 0.3 is 0 Å². The number of ether oxygens (including phenoxy) is 2. The molecule has 0 radical (unpaired) electrons. The molecule has 0 aliphatic heterocycles. The van der Waals surface area contributed by atoms with Crippen molar-refractivity contribution >= 4 is 11.6 Å². The molecule has 106 valence electrons. The summed E-state index contributed by atoms with van der Waals surface area (Å²) in [6, 6.07) is 2.59. The van der Waals surface area contributed by atoms with E-state index in [-0.39, 0.29) is 6.10 Å². The van der Waals surface area contributed by atoms with Crippen molar-refractivity contribution in [2.75, 3.05) is 13.2 Å². The predicted octanol–water partition coefficient (Wildman–Crippen LogP) is 2.79. The minimum Gasteiger partial charge on any atom is -0.474 e. The lowest BCUT2D eigenvalue weighted by Crippen LogP contribution is -2.15. The number of pyridine rings is 1. The molecular weight excluding hydrogens is 264 g/mol. The molecule has 19 heavy (non-hydrogen) atoms. The van der Waals surface area contributed by atoms with Crippen LogP contribution in [0.3, 0.4) is 0 Å². The number of hydrogen-bond donors (Lipinski definition) is 1. The molecule has 1 saturated carbocycles. The largest absolute Gasteiger partial charge is 0.474 e. The fraction of sp³-hybridized carbons (Fsp3) is 0.643. The lowest BCUT2D eigenvalue weighted by Gasteiger charge is -2.10. The Balaban J connectivity index is 1.77. The Morgan fingerprint density at radius 3 is 2.84 bits per heavy atom. The lowest BCUT2D eigenvalue weighted by atomic mass is 10.3. The van der Waals surface area contributed by atoms with E-state index in [9.17, 15) is 0 Å². The van der Waals surface area contributed by atoms with Gasteiger partial charge in [-0.2, -0.15) is 0 Å². The second-order valence-corrected chi connectivity index (χ2v) is 5.46. The Morgan fingerprint density at radius 2 is 2.21 bits per heavy atom. The Bertz CT molecular complexity index is 408. The van der Waals surface area contributed by atoms with Gasteiger partial charge < -0.3 is 14.8 Å². The molecule has 1 aromatic heterocycles. The molecule has 0 bridgehead atoms. The van der Waals surface area contributed by atoms with Crippen molar-refractivity contribution in [3.63, 3.8) is 0 Å². The molecular formula is C14H21ClN2O2. The predicted molar refractivity (Wildman–Crippen MR) is 75.7 cm³/mol. The van der Waals surface area contributed by atoms with Gasteiger partial charge in [-0.05, 0) is 38.3 Å². The van der Waals surface area contributed by atoms with Crippen LogP contribution < -0.4 is 10.1 Å². The second kappa shape index (κ2) is 7.08. The Morgan fingerprint density at radius 1 is 1.42 bits per heavy atom. The van der Waals surface area contributed by atoms with Gasteiger partial charge in [-0.1, -0.05) is 11.6 Å². The first-order valence-electron chi connectivity index (χ1n) is 6.77. The summed E-state index contributed by atoms with van der Waals surface area (Å²) in [7, 11) is 0. The van der Waals surface area contributed by atoms with E-state index in [4.69, 9.17) is 21.1 Å². The highest BCUT2D eigenvalue weighted by Crippen LogP contribution is 2.23. The number of nitrogens with zero attached hydrogens (tertiary/aromatic N) is 1. The van der Waals surface area contributed by atoms with Crippen LogP contribution in [0.25, 0.3) is 0 Å². The van der Waals surface area contributed by atoms with E-state index in [2.05, 4.69) is 10.3 Å². The van der Waals surface area contributed by atoms with E-state index >= 15 is 0 Å². The van der Waals surface area contributed by atoms with Crippen LogP contribution in [0.2, 0.25) is 5.02 Å². The smallest absolute Gasteiger partial charge is 0.232 e. The molecule has 5 heteroatoms. The Hall–Kier alpha value is -0.840. The van der Waals surface area contributed by atoms with Crippen molar-refractivity contribution in [1.82, 2.24) is 10.3 Å². The van der Waals surface area contributed by atoms with Gasteiger partial charge in [0, 0.05) is 18.8 Å². The van der Waals surface area contributed by atoms with Crippen LogP contribution in [0.4, 0.5) is 0 Å². The van der Waals surface area contributed by atoms with Gasteiger partial charge in [0.05, 0.1) is 12.7 Å². The van der Waals surface area contributed by atoms with E-state index in [1.54, 1.807) is 6.20 Å². The van der Waals surface area contributed by atoms with Crippen molar-refractivity contribution in [3.05, 3.63) is 22.8 Å². The van der Waals surface area contributed by atoms with Gasteiger partial charge in [-0.3, -0.25) is 0 Å². The van der Waals surface area contributed by atoms with E-state index in [0.717, 1.165) is 12.1 Å². The highest BCUT2D eigenvalue weighted by molar-refractivity contribution is 6.31. The molecule has 0 unspecified atom stereocenters. The molecule has 1 N–H and O–H groups in total. The summed E-state index contributed by atoms with van der Waals surface area (Å²) in [6.45, 7) is 5.80. The number of rotatable bonds is 8. The average Bonchev–Trinajstić information content (AvgIpc) is 3.17. The van der Waals surface area contributed by atoms with Crippen LogP contribution in [-0.4, -0.2) is 30.3 Å². The second-order valence-electron chi connectivity index (χ2n) is 5.05. The quantitative estimate of drug-likeness (QED) is 0.746. The van der Waals surface area contributed by atoms with Crippen LogP contribution in [0, 0.1) is 0 Å². The zero-order chi connectivity index (χ0) is 13.7. The number of nitrogens with one attached hydrogen (secondary N) is 1. The fourth-order valence-electron chi connectivity index (χ4n) is 1.64. The first kappa shape index (κ1) is 14.6. The molecule has 2 rings (SSSR count). The zero-order valence-corrected chi connectivity index (χ0v) is 12.2. The summed E-state index contributed by atoms with van der Waals surface area (Å²) in [5.74, 6) is 0.476. The summed E-state index contributed by atoms with van der Waals surface area (Å²) in [4.78, 5) is 4.24. The monoisotopic (exact) mass is 284 g/mol. The van der Waals surface area contributed by atoms with Crippen molar-refractivity contribution < 1.29 is 9.47 Å². The number of halogens is 1. The normalized spacial score (nSPS) is 14.9. The third-order valence-electron chi connectivity index (χ3n) is 2.81. The molecule has 1 aromatic rings. The minimum absolute atomic E-state index is 0.211. The Labute approximate surface area is 119 Å². The van der Waals surface area contributed by atoms with E-state index in [0.29, 0.717) is 30.2 Å². The highest BCUT2D eigenvalue weighted by atomic mass is 35.5. The number of hydrogen-bond acceptors (Lipinski definition) is 4.